The third-order valence-electron chi connectivity index (χ3n) is 4.46. The van der Waals surface area contributed by atoms with Gasteiger partial charge in [0.1, 0.15) is 0 Å². The summed E-state index contributed by atoms with van der Waals surface area (Å²) < 4.78 is 0. The van der Waals surface area contributed by atoms with E-state index in [9.17, 15) is 0 Å². The van der Waals surface area contributed by atoms with E-state index < -0.39 is 0 Å². The molecule has 0 radical (unpaired) electrons. The fourth-order valence-electron chi connectivity index (χ4n) is 3.33. The summed E-state index contributed by atoms with van der Waals surface area (Å²) in [5.74, 6) is 0.914. The highest BCUT2D eigenvalue weighted by molar-refractivity contribution is 5.82. The topological polar surface area (TPSA) is 12.4 Å². The molecule has 0 aromatic heterocycles. The van der Waals surface area contributed by atoms with E-state index in [0.29, 0.717) is 11.8 Å². The van der Waals surface area contributed by atoms with Gasteiger partial charge in [-0.15, -0.1) is 6.58 Å². The van der Waals surface area contributed by atoms with E-state index in [1.807, 2.05) is 12.3 Å². The van der Waals surface area contributed by atoms with E-state index in [4.69, 9.17) is 4.99 Å². The van der Waals surface area contributed by atoms with E-state index in [-0.39, 0.29) is 6.04 Å². The largest absolute Gasteiger partial charge is 0.284 e. The van der Waals surface area contributed by atoms with Gasteiger partial charge in [0.05, 0.1) is 6.04 Å². The van der Waals surface area contributed by atoms with Gasteiger partial charge in [0, 0.05) is 6.21 Å². The summed E-state index contributed by atoms with van der Waals surface area (Å²) in [6.07, 6.45) is 5.07. The Labute approximate surface area is 127 Å². The van der Waals surface area contributed by atoms with Crippen molar-refractivity contribution in [2.75, 3.05) is 0 Å². The predicted molar refractivity (Wildman–Crippen MR) is 89.9 cm³/mol. The van der Waals surface area contributed by atoms with Crippen molar-refractivity contribution in [3.8, 4) is 0 Å². The van der Waals surface area contributed by atoms with Crippen LogP contribution in [0.4, 0.5) is 0 Å². The van der Waals surface area contributed by atoms with Gasteiger partial charge >= 0.3 is 0 Å². The number of allylic oxidation sites excluding steroid dienone is 1. The molecule has 0 amide bonds. The van der Waals surface area contributed by atoms with Crippen LogP contribution in [0.3, 0.4) is 0 Å². The van der Waals surface area contributed by atoms with Gasteiger partial charge in [-0.25, -0.2) is 0 Å². The Morgan fingerprint density at radius 1 is 1.05 bits per heavy atom. The lowest BCUT2D eigenvalue weighted by Gasteiger charge is -2.27. The summed E-state index contributed by atoms with van der Waals surface area (Å²) in [5, 5.41) is 0. The van der Waals surface area contributed by atoms with Gasteiger partial charge in [-0.1, -0.05) is 67.6 Å². The van der Waals surface area contributed by atoms with Crippen LogP contribution in [0.15, 0.2) is 72.2 Å². The second-order valence-corrected chi connectivity index (χ2v) is 5.75. The number of fused-ring (bicyclic) bond motifs is 1. The van der Waals surface area contributed by atoms with Crippen LogP contribution in [0, 0.1) is 5.92 Å². The highest BCUT2D eigenvalue weighted by Gasteiger charge is 2.29. The Bertz CT molecular complexity index is 642. The van der Waals surface area contributed by atoms with E-state index in [1.165, 1.54) is 16.7 Å². The number of nitrogens with zero attached hydrogens (tertiary/aromatic N) is 1. The molecule has 3 rings (SSSR count). The third-order valence-corrected chi connectivity index (χ3v) is 4.46. The lowest BCUT2D eigenvalue weighted by molar-refractivity contribution is 0.393. The fraction of sp³-hybridized carbons (Fsp3) is 0.250. The Morgan fingerprint density at radius 2 is 1.76 bits per heavy atom. The van der Waals surface area contributed by atoms with Gasteiger partial charge in [-0.2, -0.15) is 0 Å². The van der Waals surface area contributed by atoms with Gasteiger partial charge in [0.25, 0.3) is 0 Å². The van der Waals surface area contributed by atoms with Crippen LogP contribution in [0.25, 0.3) is 0 Å². The Kier molecular flexibility index (Phi) is 4.01. The summed E-state index contributed by atoms with van der Waals surface area (Å²) in [4.78, 5) is 4.89. The van der Waals surface area contributed by atoms with E-state index in [0.717, 1.165) is 6.42 Å². The lowest BCUT2D eigenvalue weighted by Crippen LogP contribution is -2.16. The molecular weight excluding hydrogens is 254 g/mol. The molecule has 3 atom stereocenters. The maximum absolute atomic E-state index is 4.89. The number of aliphatic imine (C=N–C) groups is 1. The molecule has 2 aromatic rings. The molecule has 0 unspecified atom stereocenters. The molecule has 2 aromatic carbocycles. The van der Waals surface area contributed by atoms with Crippen LogP contribution in [0.2, 0.25) is 0 Å². The molecular formula is C20H21N. The minimum Gasteiger partial charge on any atom is -0.284 e. The molecule has 1 heteroatoms. The molecule has 1 heterocycles. The smallest absolute Gasteiger partial charge is 0.0780 e. The minimum absolute atomic E-state index is 0.212. The molecule has 0 saturated carbocycles. The average Bonchev–Trinajstić information content (AvgIpc) is 2.67. The Balaban J connectivity index is 2.06. The van der Waals surface area contributed by atoms with Crippen LogP contribution < -0.4 is 0 Å². The first-order valence-corrected chi connectivity index (χ1v) is 7.59. The zero-order valence-corrected chi connectivity index (χ0v) is 12.4. The van der Waals surface area contributed by atoms with Crippen molar-refractivity contribution in [3.63, 3.8) is 0 Å². The zero-order valence-electron chi connectivity index (χ0n) is 12.4. The van der Waals surface area contributed by atoms with Crippen LogP contribution in [0.1, 0.15) is 42.0 Å². The van der Waals surface area contributed by atoms with Crippen molar-refractivity contribution >= 4 is 6.21 Å². The molecule has 0 spiro atoms. The maximum atomic E-state index is 4.89. The number of hydrogen-bond donors (Lipinski definition) is 0. The predicted octanol–water partition coefficient (Wildman–Crippen LogP) is 5.16. The summed E-state index contributed by atoms with van der Waals surface area (Å²) >= 11 is 0. The fourth-order valence-corrected chi connectivity index (χ4v) is 3.33. The molecule has 1 aliphatic rings. The number of rotatable bonds is 3. The minimum atomic E-state index is 0.212. The standard InChI is InChI=1S/C20H21N/c1-3-9-18-15(2)20(16-10-5-4-6-11-16)21-14-17-12-7-8-13-19(17)18/h3-8,10-15,18,20H,1,9H2,2H3/t15-,18-,20-/m1/s1. The van der Waals surface area contributed by atoms with Gasteiger partial charge in [-0.05, 0) is 34.9 Å². The molecule has 0 bridgehead atoms. The van der Waals surface area contributed by atoms with Gasteiger partial charge in [-0.3, -0.25) is 4.99 Å². The van der Waals surface area contributed by atoms with Crippen LogP contribution in [0.5, 0.6) is 0 Å². The number of hydrogen-bond acceptors (Lipinski definition) is 1. The molecule has 1 nitrogen and oxygen atoms in total. The van der Waals surface area contributed by atoms with Crippen molar-refractivity contribution in [2.45, 2.75) is 25.3 Å². The van der Waals surface area contributed by atoms with Crippen molar-refractivity contribution in [1.29, 1.82) is 0 Å². The first kappa shape index (κ1) is 13.8. The van der Waals surface area contributed by atoms with Gasteiger partial charge in [0.15, 0.2) is 0 Å². The highest BCUT2D eigenvalue weighted by atomic mass is 14.8. The molecule has 0 fully saturated rings. The SMILES string of the molecule is C=CC[C@H]1c2ccccc2C=N[C@@H](c2ccccc2)[C@@H]1C. The van der Waals surface area contributed by atoms with E-state index in [1.54, 1.807) is 0 Å². The Morgan fingerprint density at radius 3 is 2.52 bits per heavy atom. The molecule has 0 aliphatic carbocycles. The number of benzene rings is 2. The molecule has 106 valence electrons. The van der Waals surface area contributed by atoms with Crippen molar-refractivity contribution in [2.24, 2.45) is 10.9 Å². The Hall–Kier alpha value is -2.15. The quantitative estimate of drug-likeness (QED) is 0.686. The zero-order chi connectivity index (χ0) is 14.7. The second kappa shape index (κ2) is 6.09. The van der Waals surface area contributed by atoms with Gasteiger partial charge in [0.2, 0.25) is 0 Å². The summed E-state index contributed by atoms with van der Waals surface area (Å²) in [6.45, 7) is 6.26. The molecule has 0 N–H and O–H groups in total. The first-order valence-electron chi connectivity index (χ1n) is 7.59. The van der Waals surface area contributed by atoms with Gasteiger partial charge < -0.3 is 0 Å². The summed E-state index contributed by atoms with van der Waals surface area (Å²) in [5.41, 5.74) is 3.94. The van der Waals surface area contributed by atoms with Crippen molar-refractivity contribution < 1.29 is 0 Å². The van der Waals surface area contributed by atoms with Crippen molar-refractivity contribution in [1.82, 2.24) is 0 Å². The highest BCUT2D eigenvalue weighted by Crippen LogP contribution is 2.41. The summed E-state index contributed by atoms with van der Waals surface area (Å²) in [6, 6.07) is 19.4. The molecule has 0 saturated heterocycles. The van der Waals surface area contributed by atoms with Crippen LogP contribution in [-0.4, -0.2) is 6.21 Å². The van der Waals surface area contributed by atoms with E-state index in [2.05, 4.69) is 68.1 Å². The van der Waals surface area contributed by atoms with Crippen molar-refractivity contribution in [3.05, 3.63) is 83.9 Å². The molecule has 21 heavy (non-hydrogen) atoms. The molecule has 1 aliphatic heterocycles. The normalized spacial score (nSPS) is 24.1. The monoisotopic (exact) mass is 275 g/mol. The summed E-state index contributed by atoms with van der Waals surface area (Å²) in [7, 11) is 0. The third kappa shape index (κ3) is 2.69. The second-order valence-electron chi connectivity index (χ2n) is 5.75. The average molecular weight is 275 g/mol. The van der Waals surface area contributed by atoms with Crippen LogP contribution >= 0.6 is 0 Å². The first-order chi connectivity index (χ1) is 10.3. The lowest BCUT2D eigenvalue weighted by atomic mass is 9.78. The maximum Gasteiger partial charge on any atom is 0.0780 e. The van der Waals surface area contributed by atoms with E-state index >= 15 is 0 Å². The van der Waals surface area contributed by atoms with Crippen LogP contribution in [-0.2, 0) is 0 Å².